The standard InChI is InChI=1S/C20H29N3O2.2C4H4O4/c1-24-20-14-17(15-21)7-8-19(20)25-13-5-4-9-22-11-12-23-10-3-2-6-18(23)16-22;2*5-3(6)1-2-4(7)8/h7-8,14,18H,2-6,9-13,16H2,1H3;2*1-2H,(H,5,6)(H,7,8). The topological polar surface area (TPSA) is 198 Å². The van der Waals surface area contributed by atoms with Crippen molar-refractivity contribution in [3.8, 4) is 17.6 Å². The molecule has 1 aromatic rings. The van der Waals surface area contributed by atoms with Crippen LogP contribution in [-0.2, 0) is 19.2 Å². The summed E-state index contributed by atoms with van der Waals surface area (Å²) in [5, 5.41) is 40.2. The first-order chi connectivity index (χ1) is 19.5. The van der Waals surface area contributed by atoms with Gasteiger partial charge in [-0.05, 0) is 50.9 Å². The van der Waals surface area contributed by atoms with E-state index in [1.165, 1.54) is 45.4 Å². The van der Waals surface area contributed by atoms with Crippen molar-refractivity contribution in [3.05, 3.63) is 48.1 Å². The Morgan fingerprint density at radius 3 is 2.05 bits per heavy atom. The lowest BCUT2D eigenvalue weighted by atomic mass is 9.99. The zero-order valence-electron chi connectivity index (χ0n) is 23.0. The number of hydrogen-bond donors (Lipinski definition) is 4. The molecule has 1 aromatic carbocycles. The van der Waals surface area contributed by atoms with E-state index in [0.29, 0.717) is 42.2 Å². The number of aliphatic carboxylic acids is 4. The first-order valence-electron chi connectivity index (χ1n) is 13.0. The first-order valence-corrected chi connectivity index (χ1v) is 13.0. The molecule has 2 aliphatic rings. The van der Waals surface area contributed by atoms with Crippen LogP contribution in [0, 0.1) is 11.3 Å². The third kappa shape index (κ3) is 15.7. The number of unbranched alkanes of at least 4 members (excludes halogenated alkanes) is 1. The number of rotatable bonds is 11. The van der Waals surface area contributed by atoms with Crippen LogP contribution in [0.5, 0.6) is 11.5 Å². The predicted molar refractivity (Wildman–Crippen MR) is 147 cm³/mol. The van der Waals surface area contributed by atoms with E-state index in [2.05, 4.69) is 15.9 Å². The molecule has 2 fully saturated rings. The maximum Gasteiger partial charge on any atom is 0.328 e. The molecule has 41 heavy (non-hydrogen) atoms. The van der Waals surface area contributed by atoms with Gasteiger partial charge in [0.05, 0.1) is 25.3 Å². The van der Waals surface area contributed by atoms with E-state index in [-0.39, 0.29) is 0 Å². The highest BCUT2D eigenvalue weighted by molar-refractivity contribution is 5.90. The van der Waals surface area contributed by atoms with E-state index in [9.17, 15) is 19.2 Å². The number of benzene rings is 1. The molecule has 0 amide bonds. The highest BCUT2D eigenvalue weighted by Crippen LogP contribution is 2.28. The van der Waals surface area contributed by atoms with E-state index < -0.39 is 23.9 Å². The summed E-state index contributed by atoms with van der Waals surface area (Å²) in [4.78, 5) is 43.5. The van der Waals surface area contributed by atoms with Gasteiger partial charge in [0.1, 0.15) is 0 Å². The number of methoxy groups -OCH3 is 1. The van der Waals surface area contributed by atoms with Gasteiger partial charge in [-0.2, -0.15) is 5.26 Å². The molecule has 0 aliphatic carbocycles. The van der Waals surface area contributed by atoms with Crippen LogP contribution in [0.3, 0.4) is 0 Å². The predicted octanol–water partition coefficient (Wildman–Crippen LogP) is 2.32. The second-order valence-electron chi connectivity index (χ2n) is 9.04. The summed E-state index contributed by atoms with van der Waals surface area (Å²) in [5.74, 6) is -3.68. The fourth-order valence-corrected chi connectivity index (χ4v) is 4.18. The number of piperazine rings is 1. The van der Waals surface area contributed by atoms with Gasteiger partial charge in [-0.25, -0.2) is 19.2 Å². The molecule has 224 valence electrons. The molecule has 0 bridgehead atoms. The molecular weight excluding hydrogens is 538 g/mol. The fourth-order valence-electron chi connectivity index (χ4n) is 4.18. The summed E-state index contributed by atoms with van der Waals surface area (Å²) >= 11 is 0. The number of fused-ring (bicyclic) bond motifs is 1. The zero-order valence-corrected chi connectivity index (χ0v) is 23.0. The molecule has 13 heteroatoms. The van der Waals surface area contributed by atoms with Crippen molar-refractivity contribution < 1.29 is 49.1 Å². The lowest BCUT2D eigenvalue weighted by molar-refractivity contribution is -0.134. The minimum absolute atomic E-state index is 0.558. The second kappa shape index (κ2) is 19.6. The lowest BCUT2D eigenvalue weighted by Gasteiger charge is -2.44. The summed E-state index contributed by atoms with van der Waals surface area (Å²) in [6.45, 7) is 6.84. The molecule has 13 nitrogen and oxygen atoms in total. The highest BCUT2D eigenvalue weighted by atomic mass is 16.5. The van der Waals surface area contributed by atoms with Gasteiger partial charge < -0.3 is 34.8 Å². The molecule has 2 saturated heterocycles. The molecule has 1 unspecified atom stereocenters. The van der Waals surface area contributed by atoms with Crippen LogP contribution in [0.25, 0.3) is 0 Å². The van der Waals surface area contributed by atoms with E-state index in [1.54, 1.807) is 19.2 Å². The Morgan fingerprint density at radius 1 is 0.902 bits per heavy atom. The van der Waals surface area contributed by atoms with Crippen molar-refractivity contribution in [3.63, 3.8) is 0 Å². The van der Waals surface area contributed by atoms with Crippen LogP contribution in [0.4, 0.5) is 0 Å². The maximum atomic E-state index is 9.55. The largest absolute Gasteiger partial charge is 0.493 e. The smallest absolute Gasteiger partial charge is 0.328 e. The number of nitriles is 1. The van der Waals surface area contributed by atoms with E-state index in [1.807, 2.05) is 6.07 Å². The van der Waals surface area contributed by atoms with E-state index in [4.69, 9.17) is 35.2 Å². The molecule has 1 atom stereocenters. The van der Waals surface area contributed by atoms with Crippen LogP contribution < -0.4 is 9.47 Å². The summed E-state index contributed by atoms with van der Waals surface area (Å²) in [7, 11) is 1.61. The summed E-state index contributed by atoms with van der Waals surface area (Å²) < 4.78 is 11.1. The summed E-state index contributed by atoms with van der Waals surface area (Å²) in [6, 6.07) is 8.22. The van der Waals surface area contributed by atoms with E-state index >= 15 is 0 Å². The van der Waals surface area contributed by atoms with Crippen molar-refractivity contribution >= 4 is 23.9 Å². The molecule has 0 radical (unpaired) electrons. The van der Waals surface area contributed by atoms with Crippen LogP contribution in [-0.4, -0.2) is 107 Å². The van der Waals surface area contributed by atoms with Crippen molar-refractivity contribution in [1.82, 2.24) is 9.80 Å². The van der Waals surface area contributed by atoms with Crippen molar-refractivity contribution in [2.75, 3.05) is 46.4 Å². The minimum atomic E-state index is -1.26. The van der Waals surface area contributed by atoms with Gasteiger partial charge in [0.25, 0.3) is 0 Å². The van der Waals surface area contributed by atoms with Crippen LogP contribution in [0.2, 0.25) is 0 Å². The highest BCUT2D eigenvalue weighted by Gasteiger charge is 2.28. The number of hydrogen-bond acceptors (Lipinski definition) is 9. The molecule has 0 spiro atoms. The number of piperidine rings is 1. The Kier molecular flexibility index (Phi) is 16.6. The second-order valence-corrected chi connectivity index (χ2v) is 9.04. The number of nitrogens with zero attached hydrogens (tertiary/aromatic N) is 3. The fraction of sp³-hybridized carbons (Fsp3) is 0.464. The lowest BCUT2D eigenvalue weighted by Crippen LogP contribution is -2.54. The average molecular weight is 576 g/mol. The number of carboxylic acids is 4. The molecule has 4 N–H and O–H groups in total. The van der Waals surface area contributed by atoms with Crippen LogP contribution in [0.15, 0.2) is 42.5 Å². The Bertz CT molecular complexity index is 1050. The summed E-state index contributed by atoms with van der Waals surface area (Å²) in [6.07, 6.45) is 8.58. The summed E-state index contributed by atoms with van der Waals surface area (Å²) in [5.41, 5.74) is 0.589. The van der Waals surface area contributed by atoms with Crippen LogP contribution in [0.1, 0.15) is 37.7 Å². The van der Waals surface area contributed by atoms with Gasteiger partial charge in [-0.15, -0.1) is 0 Å². The van der Waals surface area contributed by atoms with Crippen molar-refractivity contribution in [2.45, 2.75) is 38.1 Å². The molecule has 2 aliphatic heterocycles. The third-order valence-electron chi connectivity index (χ3n) is 6.08. The van der Waals surface area contributed by atoms with Crippen molar-refractivity contribution in [2.24, 2.45) is 0 Å². The SMILES string of the molecule is COc1cc(C#N)ccc1OCCCCN1CCN2CCCCC2C1.O=C(O)C=CC(=O)O.O=C(O)C=CC(=O)O. The Balaban J connectivity index is 0.000000433. The quantitative estimate of drug-likeness (QED) is 0.222. The Hall–Kier alpha value is -4.41. The molecule has 0 saturated carbocycles. The molecule has 3 rings (SSSR count). The minimum Gasteiger partial charge on any atom is -0.493 e. The van der Waals surface area contributed by atoms with Gasteiger partial charge in [-0.1, -0.05) is 6.42 Å². The van der Waals surface area contributed by atoms with E-state index in [0.717, 1.165) is 31.2 Å². The number of carbonyl (C=O) groups is 4. The van der Waals surface area contributed by atoms with Crippen LogP contribution >= 0.6 is 0 Å². The van der Waals surface area contributed by atoms with Gasteiger partial charge in [-0.3, -0.25) is 4.90 Å². The van der Waals surface area contributed by atoms with Crippen molar-refractivity contribution in [1.29, 1.82) is 5.26 Å². The molecule has 2 heterocycles. The number of carboxylic acid groups (broad SMARTS) is 4. The normalized spacial score (nSPS) is 16.7. The first kappa shape index (κ1) is 34.6. The monoisotopic (exact) mass is 575 g/mol. The Morgan fingerprint density at radius 2 is 1.51 bits per heavy atom. The molecule has 0 aromatic heterocycles. The molecular formula is C28H37N3O10. The van der Waals surface area contributed by atoms with Gasteiger partial charge in [0, 0.05) is 56.0 Å². The number of ether oxygens (including phenoxy) is 2. The van der Waals surface area contributed by atoms with Gasteiger partial charge >= 0.3 is 23.9 Å². The third-order valence-corrected chi connectivity index (χ3v) is 6.08. The average Bonchev–Trinajstić information content (AvgIpc) is 2.95. The maximum absolute atomic E-state index is 9.55. The Labute approximate surface area is 238 Å². The zero-order chi connectivity index (χ0) is 30.6. The van der Waals surface area contributed by atoms with Gasteiger partial charge in [0.2, 0.25) is 0 Å². The van der Waals surface area contributed by atoms with Gasteiger partial charge in [0.15, 0.2) is 11.5 Å².